The predicted octanol–water partition coefficient (Wildman–Crippen LogP) is 2.51. The van der Waals surface area contributed by atoms with E-state index in [9.17, 15) is 9.59 Å². The van der Waals surface area contributed by atoms with Crippen LogP contribution in [-0.2, 0) is 9.53 Å². The van der Waals surface area contributed by atoms with Gasteiger partial charge in [0.1, 0.15) is 5.76 Å². The molecule has 30 heavy (non-hydrogen) atoms. The number of carbonyl (C=O) groups is 2. The highest BCUT2D eigenvalue weighted by Crippen LogP contribution is 2.26. The molecule has 2 amide bonds. The van der Waals surface area contributed by atoms with Gasteiger partial charge in [0.05, 0.1) is 6.10 Å². The highest BCUT2D eigenvalue weighted by Gasteiger charge is 2.33. The van der Waals surface area contributed by atoms with Crippen molar-refractivity contribution in [2.24, 2.45) is 5.92 Å². The highest BCUT2D eigenvalue weighted by molar-refractivity contribution is 5.93. The zero-order valence-corrected chi connectivity index (χ0v) is 18.3. The van der Waals surface area contributed by atoms with E-state index in [2.05, 4.69) is 10.2 Å². The number of nitrogens with one attached hydrogen (secondary N) is 1. The lowest BCUT2D eigenvalue weighted by Gasteiger charge is -2.41. The fraction of sp³-hybridized carbons (Fsp3) is 0.739. The van der Waals surface area contributed by atoms with Gasteiger partial charge in [-0.1, -0.05) is 0 Å². The molecule has 0 radical (unpaired) electrons. The number of piperidine rings is 2. The largest absolute Gasteiger partial charge is 0.456 e. The topological polar surface area (TPSA) is 75.0 Å². The van der Waals surface area contributed by atoms with Gasteiger partial charge in [0.2, 0.25) is 5.91 Å². The first-order valence-electron chi connectivity index (χ1n) is 11.5. The molecule has 7 heteroatoms. The van der Waals surface area contributed by atoms with Gasteiger partial charge in [-0.05, 0) is 71.5 Å². The third-order valence-electron chi connectivity index (χ3n) is 6.93. The fourth-order valence-electron chi connectivity index (χ4n) is 5.12. The van der Waals surface area contributed by atoms with Crippen LogP contribution in [0, 0.1) is 19.8 Å². The van der Waals surface area contributed by atoms with E-state index in [-0.39, 0.29) is 23.8 Å². The summed E-state index contributed by atoms with van der Waals surface area (Å²) in [6, 6.07) is 2.42. The van der Waals surface area contributed by atoms with Gasteiger partial charge in [0.25, 0.3) is 5.91 Å². The first-order chi connectivity index (χ1) is 14.5. The maximum Gasteiger partial charge on any atom is 0.289 e. The second-order valence-corrected chi connectivity index (χ2v) is 9.08. The molecule has 0 aliphatic carbocycles. The van der Waals surface area contributed by atoms with Crippen LogP contribution in [0.25, 0.3) is 0 Å². The summed E-state index contributed by atoms with van der Waals surface area (Å²) in [5.41, 5.74) is 0.916. The molecule has 3 aliphatic rings. The molecule has 0 bridgehead atoms. The summed E-state index contributed by atoms with van der Waals surface area (Å²) in [4.78, 5) is 29.7. The summed E-state index contributed by atoms with van der Waals surface area (Å²) in [7, 11) is 0. The van der Waals surface area contributed by atoms with E-state index in [0.29, 0.717) is 18.3 Å². The van der Waals surface area contributed by atoms with Gasteiger partial charge in [0, 0.05) is 43.8 Å². The van der Waals surface area contributed by atoms with E-state index < -0.39 is 0 Å². The number of amides is 2. The van der Waals surface area contributed by atoms with Crippen molar-refractivity contribution >= 4 is 11.8 Å². The number of hydrogen-bond acceptors (Lipinski definition) is 5. The van der Waals surface area contributed by atoms with E-state index >= 15 is 0 Å². The summed E-state index contributed by atoms with van der Waals surface area (Å²) in [5.74, 6) is 1.60. The van der Waals surface area contributed by atoms with Gasteiger partial charge in [-0.3, -0.25) is 9.59 Å². The van der Waals surface area contributed by atoms with Crippen LogP contribution in [0.15, 0.2) is 10.5 Å². The molecule has 3 fully saturated rings. The molecule has 0 saturated carbocycles. The number of carbonyl (C=O) groups excluding carboxylic acids is 2. The quantitative estimate of drug-likeness (QED) is 0.797. The molecule has 1 atom stereocenters. The van der Waals surface area contributed by atoms with Gasteiger partial charge < -0.3 is 24.3 Å². The minimum atomic E-state index is 0.0145. The second kappa shape index (κ2) is 9.52. The Kier molecular flexibility index (Phi) is 6.78. The van der Waals surface area contributed by atoms with Gasteiger partial charge in [-0.25, -0.2) is 0 Å². The molecule has 166 valence electrons. The first-order valence-corrected chi connectivity index (χ1v) is 11.5. The summed E-state index contributed by atoms with van der Waals surface area (Å²) in [6.45, 7) is 8.75. The van der Waals surface area contributed by atoms with Gasteiger partial charge in [-0.15, -0.1) is 0 Å². The highest BCUT2D eigenvalue weighted by atomic mass is 16.5. The molecular formula is C23H35N3O4. The van der Waals surface area contributed by atoms with Crippen molar-refractivity contribution in [3.8, 4) is 0 Å². The Morgan fingerprint density at radius 1 is 1.07 bits per heavy atom. The average molecular weight is 418 g/mol. The van der Waals surface area contributed by atoms with Crippen molar-refractivity contribution in [3.63, 3.8) is 0 Å². The standard InChI is InChI=1S/C23H35N3O4/c1-16-14-17(2)30-21(16)23(28)26-11-7-19(8-12-26)25-9-5-18(6-10-25)22(27)24-15-20-4-3-13-29-20/h14,18-20H,3-13,15H2,1-2H3,(H,24,27). The van der Waals surface area contributed by atoms with E-state index in [1.165, 1.54) is 0 Å². The molecule has 7 nitrogen and oxygen atoms in total. The lowest BCUT2D eigenvalue weighted by Crippen LogP contribution is -2.50. The van der Waals surface area contributed by atoms with Crippen molar-refractivity contribution in [2.45, 2.75) is 64.5 Å². The van der Waals surface area contributed by atoms with Crippen LogP contribution in [0.2, 0.25) is 0 Å². The van der Waals surface area contributed by atoms with E-state index in [1.807, 2.05) is 24.8 Å². The van der Waals surface area contributed by atoms with Crippen molar-refractivity contribution in [1.29, 1.82) is 0 Å². The Bertz CT molecular complexity index is 740. The normalized spacial score (nSPS) is 24.3. The van der Waals surface area contributed by atoms with Crippen LogP contribution < -0.4 is 5.32 Å². The van der Waals surface area contributed by atoms with Gasteiger partial charge in [0.15, 0.2) is 5.76 Å². The molecule has 4 rings (SSSR count). The molecule has 1 aromatic heterocycles. The van der Waals surface area contributed by atoms with E-state index in [0.717, 1.165) is 82.6 Å². The third kappa shape index (κ3) is 4.89. The molecule has 1 aromatic rings. The molecule has 0 spiro atoms. The number of hydrogen-bond donors (Lipinski definition) is 1. The molecule has 4 heterocycles. The Hall–Kier alpha value is -1.86. The average Bonchev–Trinajstić information content (AvgIpc) is 3.41. The zero-order valence-electron chi connectivity index (χ0n) is 18.3. The molecule has 3 saturated heterocycles. The smallest absolute Gasteiger partial charge is 0.289 e. The number of aryl methyl sites for hydroxylation is 2. The summed E-state index contributed by atoms with van der Waals surface area (Å²) >= 11 is 0. The van der Waals surface area contributed by atoms with Crippen molar-refractivity contribution in [3.05, 3.63) is 23.2 Å². The van der Waals surface area contributed by atoms with Crippen molar-refractivity contribution in [2.75, 3.05) is 39.3 Å². The summed E-state index contributed by atoms with van der Waals surface area (Å²) < 4.78 is 11.2. The Morgan fingerprint density at radius 3 is 2.40 bits per heavy atom. The molecule has 0 aromatic carbocycles. The van der Waals surface area contributed by atoms with Crippen LogP contribution in [0.3, 0.4) is 0 Å². The molecule has 3 aliphatic heterocycles. The number of furan rings is 1. The Morgan fingerprint density at radius 2 is 1.80 bits per heavy atom. The van der Waals surface area contributed by atoms with Gasteiger partial charge >= 0.3 is 0 Å². The maximum atomic E-state index is 12.8. The fourth-order valence-corrected chi connectivity index (χ4v) is 5.12. The summed E-state index contributed by atoms with van der Waals surface area (Å²) in [5, 5.41) is 3.09. The lowest BCUT2D eigenvalue weighted by molar-refractivity contribution is -0.127. The van der Waals surface area contributed by atoms with Crippen LogP contribution >= 0.6 is 0 Å². The zero-order chi connectivity index (χ0) is 21.1. The molecular weight excluding hydrogens is 382 g/mol. The number of ether oxygens (including phenoxy) is 1. The van der Waals surface area contributed by atoms with Crippen molar-refractivity contribution < 1.29 is 18.7 Å². The summed E-state index contributed by atoms with van der Waals surface area (Å²) in [6.07, 6.45) is 6.17. The first kappa shape index (κ1) is 21.4. The number of rotatable bonds is 5. The Labute approximate surface area is 179 Å². The second-order valence-electron chi connectivity index (χ2n) is 9.08. The minimum Gasteiger partial charge on any atom is -0.456 e. The van der Waals surface area contributed by atoms with Crippen LogP contribution in [0.4, 0.5) is 0 Å². The molecule has 1 N–H and O–H groups in total. The van der Waals surface area contributed by atoms with Crippen LogP contribution in [-0.4, -0.2) is 73.1 Å². The van der Waals surface area contributed by atoms with E-state index in [1.54, 1.807) is 0 Å². The SMILES string of the molecule is Cc1cc(C)c(C(=O)N2CCC(N3CCC(C(=O)NCC4CCCO4)CC3)CC2)o1. The number of nitrogens with zero attached hydrogens (tertiary/aromatic N) is 2. The maximum absolute atomic E-state index is 12.8. The monoisotopic (exact) mass is 417 g/mol. The van der Waals surface area contributed by atoms with E-state index in [4.69, 9.17) is 9.15 Å². The van der Waals surface area contributed by atoms with Crippen LogP contribution in [0.5, 0.6) is 0 Å². The van der Waals surface area contributed by atoms with Gasteiger partial charge in [-0.2, -0.15) is 0 Å². The number of likely N-dealkylation sites (tertiary alicyclic amines) is 2. The molecule has 1 unspecified atom stereocenters. The minimum absolute atomic E-state index is 0.0145. The third-order valence-corrected chi connectivity index (χ3v) is 6.93. The Balaban J connectivity index is 1.19. The van der Waals surface area contributed by atoms with Crippen molar-refractivity contribution in [1.82, 2.24) is 15.1 Å². The predicted molar refractivity (Wildman–Crippen MR) is 113 cm³/mol. The lowest BCUT2D eigenvalue weighted by atomic mass is 9.92. The van der Waals surface area contributed by atoms with Crippen LogP contribution in [0.1, 0.15) is 60.4 Å².